The fourth-order valence-corrected chi connectivity index (χ4v) is 2.73. The number of hydrogen-bond acceptors (Lipinski definition) is 0. The molecule has 0 nitrogen and oxygen atoms in total. The highest BCUT2D eigenvalue weighted by molar-refractivity contribution is 5.76. The third-order valence-corrected chi connectivity index (χ3v) is 4.00. The third-order valence-electron chi connectivity index (χ3n) is 4.00. The van der Waals surface area contributed by atoms with Gasteiger partial charge in [-0.2, -0.15) is 0 Å². The Morgan fingerprint density at radius 1 is 0.842 bits per heavy atom. The van der Waals surface area contributed by atoms with Crippen molar-refractivity contribution in [2.75, 3.05) is 0 Å². The van der Waals surface area contributed by atoms with Crippen LogP contribution in [0, 0.1) is 11.8 Å². The van der Waals surface area contributed by atoms with Crippen molar-refractivity contribution in [3.63, 3.8) is 0 Å². The average molecular weight is 248 g/mol. The molecule has 0 aromatic heterocycles. The van der Waals surface area contributed by atoms with Gasteiger partial charge in [-0.3, -0.25) is 0 Å². The molecular weight excluding hydrogens is 228 g/mol. The van der Waals surface area contributed by atoms with Gasteiger partial charge in [0.15, 0.2) is 0 Å². The van der Waals surface area contributed by atoms with Crippen molar-refractivity contribution in [3.8, 4) is 0 Å². The molecule has 0 amide bonds. The van der Waals surface area contributed by atoms with E-state index in [2.05, 4.69) is 80.6 Å². The first-order valence-electron chi connectivity index (χ1n) is 7.09. The van der Waals surface area contributed by atoms with Crippen LogP contribution >= 0.6 is 0 Å². The molecule has 2 unspecified atom stereocenters. The molecule has 1 aromatic rings. The highest BCUT2D eigenvalue weighted by atomic mass is 14.2. The fourth-order valence-electron chi connectivity index (χ4n) is 2.73. The minimum atomic E-state index is 0.523. The molecule has 19 heavy (non-hydrogen) atoms. The smallest absolute Gasteiger partial charge is 0.00567 e. The maximum absolute atomic E-state index is 2.38. The van der Waals surface area contributed by atoms with E-state index >= 15 is 0 Å². The normalized spacial score (nSPS) is 24.5. The Labute approximate surface area is 115 Å². The van der Waals surface area contributed by atoms with E-state index < -0.39 is 0 Å². The molecule has 0 bridgehead atoms. The molecule has 0 N–H and O–H groups in total. The van der Waals surface area contributed by atoms with Crippen molar-refractivity contribution in [2.24, 2.45) is 11.8 Å². The molecule has 0 heterocycles. The summed E-state index contributed by atoms with van der Waals surface area (Å²) in [5.41, 5.74) is 4.07. The lowest BCUT2D eigenvalue weighted by Crippen LogP contribution is -2.11. The molecule has 0 fully saturated rings. The van der Waals surface area contributed by atoms with Crippen LogP contribution in [0.5, 0.6) is 0 Å². The number of fused-ring (bicyclic) bond motifs is 1. The van der Waals surface area contributed by atoms with E-state index in [1.54, 1.807) is 0 Å². The van der Waals surface area contributed by atoms with Gasteiger partial charge in [0.1, 0.15) is 0 Å². The van der Waals surface area contributed by atoms with Gasteiger partial charge in [-0.25, -0.2) is 0 Å². The predicted octanol–water partition coefficient (Wildman–Crippen LogP) is 5.12. The summed E-state index contributed by atoms with van der Waals surface area (Å²) in [5, 5.41) is 0. The van der Waals surface area contributed by atoms with Crippen molar-refractivity contribution in [1.29, 1.82) is 0 Å². The van der Waals surface area contributed by atoms with E-state index in [-0.39, 0.29) is 0 Å². The van der Waals surface area contributed by atoms with E-state index in [1.165, 1.54) is 16.7 Å². The van der Waals surface area contributed by atoms with E-state index in [9.17, 15) is 0 Å². The van der Waals surface area contributed by atoms with Crippen molar-refractivity contribution in [1.82, 2.24) is 0 Å². The van der Waals surface area contributed by atoms with Gasteiger partial charge in [0.25, 0.3) is 0 Å². The molecule has 0 aliphatic heterocycles. The molecule has 2 aliphatic carbocycles. The Bertz CT molecular complexity index is 565. The van der Waals surface area contributed by atoms with E-state index in [0.717, 1.165) is 0 Å². The van der Waals surface area contributed by atoms with Crippen LogP contribution in [-0.4, -0.2) is 0 Å². The topological polar surface area (TPSA) is 0 Å². The molecule has 0 saturated heterocycles. The van der Waals surface area contributed by atoms with Gasteiger partial charge >= 0.3 is 0 Å². The zero-order valence-corrected chi connectivity index (χ0v) is 11.6. The highest BCUT2D eigenvalue weighted by Gasteiger charge is 2.18. The van der Waals surface area contributed by atoms with Gasteiger partial charge in [-0.05, 0) is 22.6 Å². The first-order valence-corrected chi connectivity index (χ1v) is 7.09. The van der Waals surface area contributed by atoms with Gasteiger partial charge in [0, 0.05) is 11.8 Å². The Hall–Kier alpha value is -1.82. The third kappa shape index (κ3) is 2.49. The van der Waals surface area contributed by atoms with Gasteiger partial charge in [0.2, 0.25) is 0 Å². The second-order valence-corrected chi connectivity index (χ2v) is 5.68. The Kier molecular flexibility index (Phi) is 3.25. The van der Waals surface area contributed by atoms with E-state index in [4.69, 9.17) is 0 Å². The highest BCUT2D eigenvalue weighted by Crippen LogP contribution is 2.32. The summed E-state index contributed by atoms with van der Waals surface area (Å²) in [6.07, 6.45) is 15.8. The fraction of sp³-hybridized carbons (Fsp3) is 0.263. The summed E-state index contributed by atoms with van der Waals surface area (Å²) in [5.74, 6) is 1.67. The minimum Gasteiger partial charge on any atom is -0.0767 e. The molecule has 3 rings (SSSR count). The van der Waals surface area contributed by atoms with Crippen LogP contribution in [0.1, 0.15) is 30.9 Å². The second-order valence-electron chi connectivity index (χ2n) is 5.68. The van der Waals surface area contributed by atoms with Gasteiger partial charge in [-0.1, -0.05) is 80.6 Å². The van der Waals surface area contributed by atoms with Crippen molar-refractivity contribution < 1.29 is 0 Å². The van der Waals surface area contributed by atoms with Crippen molar-refractivity contribution in [3.05, 3.63) is 77.9 Å². The van der Waals surface area contributed by atoms with Crippen LogP contribution in [0.2, 0.25) is 0 Å². The van der Waals surface area contributed by atoms with Gasteiger partial charge in [0.05, 0.1) is 0 Å². The summed E-state index contributed by atoms with van der Waals surface area (Å²) >= 11 is 0. The molecular formula is C19H20. The molecule has 0 heteroatoms. The summed E-state index contributed by atoms with van der Waals surface area (Å²) in [6.45, 7) is 4.47. The zero-order chi connectivity index (χ0) is 13.2. The molecule has 0 radical (unpaired) electrons. The molecule has 0 spiro atoms. The Morgan fingerprint density at radius 3 is 2.21 bits per heavy atom. The summed E-state index contributed by atoms with van der Waals surface area (Å²) in [6, 6.07) is 8.98. The van der Waals surface area contributed by atoms with Crippen LogP contribution < -0.4 is 0 Å². The first kappa shape index (κ1) is 12.2. The molecule has 96 valence electrons. The molecule has 0 saturated carbocycles. The monoisotopic (exact) mass is 248 g/mol. The second kappa shape index (κ2) is 5.05. The lowest BCUT2D eigenvalue weighted by atomic mass is 9.81. The van der Waals surface area contributed by atoms with Crippen LogP contribution in [0.4, 0.5) is 0 Å². The van der Waals surface area contributed by atoms with Crippen LogP contribution in [0.3, 0.4) is 0 Å². The SMILES string of the molecule is CC(C)c1ccc(C2=CC3C=CC=CC3C=C2)cc1. The maximum Gasteiger partial charge on any atom is 0.00567 e. The summed E-state index contributed by atoms with van der Waals surface area (Å²) in [7, 11) is 0. The largest absolute Gasteiger partial charge is 0.0767 e. The lowest BCUT2D eigenvalue weighted by molar-refractivity contribution is 0.663. The number of allylic oxidation sites excluding steroid dienone is 8. The van der Waals surface area contributed by atoms with Crippen molar-refractivity contribution >= 4 is 5.57 Å². The number of rotatable bonds is 2. The number of hydrogen-bond donors (Lipinski definition) is 0. The first-order chi connectivity index (χ1) is 9.24. The maximum atomic E-state index is 2.38. The predicted molar refractivity (Wildman–Crippen MR) is 82.9 cm³/mol. The Morgan fingerprint density at radius 2 is 1.53 bits per heavy atom. The van der Waals surface area contributed by atoms with Crippen LogP contribution in [0.15, 0.2) is 66.8 Å². The summed E-state index contributed by atoms with van der Waals surface area (Å²) in [4.78, 5) is 0. The van der Waals surface area contributed by atoms with Crippen LogP contribution in [0.25, 0.3) is 5.57 Å². The van der Waals surface area contributed by atoms with Crippen molar-refractivity contribution in [2.45, 2.75) is 19.8 Å². The van der Waals surface area contributed by atoms with Gasteiger partial charge < -0.3 is 0 Å². The quantitative estimate of drug-likeness (QED) is 0.681. The van der Waals surface area contributed by atoms with E-state index in [0.29, 0.717) is 17.8 Å². The Balaban J connectivity index is 1.87. The summed E-state index contributed by atoms with van der Waals surface area (Å²) < 4.78 is 0. The average Bonchev–Trinajstić information content (AvgIpc) is 2.47. The van der Waals surface area contributed by atoms with E-state index in [1.807, 2.05) is 0 Å². The molecule has 1 aromatic carbocycles. The standard InChI is InChI=1S/C19H20/c1-14(2)15-7-9-17(10-8-15)19-12-11-16-5-3-4-6-18(16)13-19/h3-14,16,18H,1-2H3. The number of benzene rings is 1. The van der Waals surface area contributed by atoms with Crippen LogP contribution in [-0.2, 0) is 0 Å². The molecule has 2 aliphatic rings. The minimum absolute atomic E-state index is 0.523. The lowest BCUT2D eigenvalue weighted by Gasteiger charge is -2.23. The van der Waals surface area contributed by atoms with Gasteiger partial charge in [-0.15, -0.1) is 0 Å². The molecule has 2 atom stereocenters. The zero-order valence-electron chi connectivity index (χ0n) is 11.6.